The normalized spacial score (nSPS) is 15.2. The lowest BCUT2D eigenvalue weighted by Crippen LogP contribution is -2.37. The molecule has 9 N–H and O–H groups in total. The van der Waals surface area contributed by atoms with Gasteiger partial charge in [0.15, 0.2) is 79.6 Å². The number of aromatic nitrogens is 18. The van der Waals surface area contributed by atoms with Crippen LogP contribution in [0.15, 0.2) is 95.1 Å². The Balaban J connectivity index is 0.000000111. The second-order valence-electron chi connectivity index (χ2n) is 20.3. The van der Waals surface area contributed by atoms with Crippen LogP contribution in [0.4, 0.5) is 55.8 Å². The first-order valence-corrected chi connectivity index (χ1v) is 29.5. The van der Waals surface area contributed by atoms with E-state index >= 15 is 0 Å². The van der Waals surface area contributed by atoms with Crippen LogP contribution >= 0.6 is 11.3 Å². The van der Waals surface area contributed by atoms with Crippen molar-refractivity contribution < 1.29 is 32.1 Å². The van der Waals surface area contributed by atoms with E-state index in [2.05, 4.69) is 99.7 Å². The van der Waals surface area contributed by atoms with Crippen molar-refractivity contribution in [2.45, 2.75) is 0 Å². The molecule has 4 saturated heterocycles. The summed E-state index contributed by atoms with van der Waals surface area (Å²) in [6.45, 7) is 10.8. The number of ether oxygens (including phenoxy) is 4. The third kappa shape index (κ3) is 13.3. The molecule has 11 aromatic heterocycles. The lowest BCUT2D eigenvalue weighted by atomic mass is 10.1. The number of morpholine rings is 4. The van der Waals surface area contributed by atoms with E-state index < -0.39 is 11.6 Å². The van der Waals surface area contributed by atoms with Crippen LogP contribution < -0.4 is 42.5 Å². The first kappa shape index (κ1) is 59.2. The van der Waals surface area contributed by atoms with Crippen molar-refractivity contribution in [3.05, 3.63) is 102 Å². The van der Waals surface area contributed by atoms with Crippen LogP contribution in [0.1, 0.15) is 0 Å². The summed E-state index contributed by atoms with van der Waals surface area (Å²) in [5.74, 6) is 1.40. The first-order valence-electron chi connectivity index (χ1n) is 28.6. The Labute approximate surface area is 518 Å². The van der Waals surface area contributed by atoms with Crippen molar-refractivity contribution in [3.63, 3.8) is 0 Å². The highest BCUT2D eigenvalue weighted by Gasteiger charge is 2.25. The summed E-state index contributed by atoms with van der Waals surface area (Å²) < 4.78 is 54.2. The number of rotatable bonds is 8. The lowest BCUT2D eigenvalue weighted by Gasteiger charge is -2.28. The minimum atomic E-state index is -0.972. The number of H-pyrrole nitrogens is 1. The van der Waals surface area contributed by atoms with Gasteiger partial charge in [0.25, 0.3) is 0 Å². The number of benzene rings is 1. The molecule has 0 unspecified atom stereocenters. The summed E-state index contributed by atoms with van der Waals surface area (Å²) >= 11 is 1.63. The number of thiophene rings is 1. The minimum absolute atomic E-state index is 0.0270. The van der Waals surface area contributed by atoms with Crippen LogP contribution in [0.25, 0.3) is 89.8 Å². The highest BCUT2D eigenvalue weighted by Crippen LogP contribution is 2.32. The summed E-state index contributed by atoms with van der Waals surface area (Å²) in [5.41, 5.74) is 32.4. The number of nitrogens with zero attached hydrogens (tertiary/aromatic N) is 21. The van der Waals surface area contributed by atoms with Crippen LogP contribution in [0.3, 0.4) is 0 Å². The molecule has 464 valence electrons. The van der Waals surface area contributed by atoms with Gasteiger partial charge in [0.1, 0.15) is 5.69 Å². The topological polar surface area (TPSA) is 402 Å². The second-order valence-corrected chi connectivity index (χ2v) is 21.1. The Morgan fingerprint density at radius 3 is 1.24 bits per heavy atom. The van der Waals surface area contributed by atoms with Gasteiger partial charge < -0.3 is 65.9 Å². The van der Waals surface area contributed by atoms with Gasteiger partial charge in [0.05, 0.1) is 113 Å². The van der Waals surface area contributed by atoms with Crippen molar-refractivity contribution >= 4 is 103 Å². The van der Waals surface area contributed by atoms with Crippen molar-refractivity contribution in [1.82, 2.24) is 89.9 Å². The Morgan fingerprint density at radius 1 is 0.440 bits per heavy atom. The number of halogens is 2. The molecule has 1 aromatic carbocycles. The third-order valence-corrected chi connectivity index (χ3v) is 15.2. The minimum Gasteiger partial charge on any atom is -0.472 e. The molecule has 15 heterocycles. The van der Waals surface area contributed by atoms with E-state index in [1.807, 2.05) is 33.9 Å². The van der Waals surface area contributed by atoms with Gasteiger partial charge in [0.2, 0.25) is 23.8 Å². The van der Waals surface area contributed by atoms with E-state index in [4.69, 9.17) is 51.3 Å². The molecule has 4 aliphatic rings. The van der Waals surface area contributed by atoms with E-state index in [0.29, 0.717) is 139 Å². The van der Waals surface area contributed by atoms with E-state index in [1.54, 1.807) is 48.7 Å². The van der Waals surface area contributed by atoms with Gasteiger partial charge in [-0.05, 0) is 35.7 Å². The molecule has 4 aliphatic heterocycles. The largest absolute Gasteiger partial charge is 0.472 e. The number of nitrogens with one attached hydrogen (secondary N) is 1. The molecule has 0 saturated carbocycles. The molecule has 0 aliphatic carbocycles. The van der Waals surface area contributed by atoms with Gasteiger partial charge in [0, 0.05) is 80.6 Å². The molecule has 0 atom stereocenters. The zero-order chi connectivity index (χ0) is 62.2. The number of furan rings is 1. The molecular weight excluding hydrogens is 1200 g/mol. The van der Waals surface area contributed by atoms with E-state index in [0.717, 1.165) is 73.7 Å². The zero-order valence-electron chi connectivity index (χ0n) is 48.4. The third-order valence-electron chi connectivity index (χ3n) is 14.5. The van der Waals surface area contributed by atoms with Gasteiger partial charge in [-0.3, -0.25) is 5.10 Å². The predicted molar refractivity (Wildman–Crippen MR) is 334 cm³/mol. The average molecular weight is 1260 g/mol. The van der Waals surface area contributed by atoms with Crippen molar-refractivity contribution in [2.75, 3.05) is 148 Å². The average Bonchev–Trinajstić information content (AvgIpc) is 1.14. The van der Waals surface area contributed by atoms with Crippen LogP contribution in [-0.4, -0.2) is 195 Å². The van der Waals surface area contributed by atoms with Gasteiger partial charge in [-0.2, -0.15) is 56.3 Å². The van der Waals surface area contributed by atoms with Gasteiger partial charge in [-0.15, -0.1) is 0 Å². The summed E-state index contributed by atoms with van der Waals surface area (Å²) in [5, 5.41) is 10.9. The number of aromatic amines is 1. The van der Waals surface area contributed by atoms with E-state index in [9.17, 15) is 8.78 Å². The van der Waals surface area contributed by atoms with Crippen molar-refractivity contribution in [3.8, 4) is 45.2 Å². The number of hydrogen-bond donors (Lipinski definition) is 5. The summed E-state index contributed by atoms with van der Waals surface area (Å²) in [7, 11) is 0. The smallest absolute Gasteiger partial charge is 0.224 e. The van der Waals surface area contributed by atoms with Gasteiger partial charge >= 0.3 is 0 Å². The van der Waals surface area contributed by atoms with Crippen LogP contribution in [-0.2, 0) is 18.9 Å². The number of anilines is 8. The number of nitrogen functional groups attached to an aromatic ring is 4. The van der Waals surface area contributed by atoms with Gasteiger partial charge in [-0.1, -0.05) is 6.07 Å². The first-order chi connectivity index (χ1) is 44.6. The fourth-order valence-corrected chi connectivity index (χ4v) is 10.7. The molecule has 4 fully saturated rings. The summed E-state index contributed by atoms with van der Waals surface area (Å²) in [6.07, 6.45) is 11.3. The van der Waals surface area contributed by atoms with Crippen molar-refractivity contribution in [2.24, 2.45) is 0 Å². The summed E-state index contributed by atoms with van der Waals surface area (Å²) in [4.78, 5) is 78.0. The maximum absolute atomic E-state index is 14.1. The molecule has 0 radical (unpaired) electrons. The SMILES string of the molecule is Nc1nc(N2CCOCC2)c2nc(-c3cccc(F)c3F)cnc2n1.Nc1nc(N2CCOCC2)c2nc(-c3ccn[nH]3)cnc2n1.Nc1nc(N2CCOCC2)c2nc(-c3ccoc3)cnc2n1.Nc1nc(N2CCOCC2)c2nc(-c3ccsc3)cnc2n1. The Kier molecular flexibility index (Phi) is 17.5. The fraction of sp³-hybridized carbons (Fsp3) is 0.281. The molecule has 0 spiro atoms. The molecule has 12 aromatic rings. The Bertz CT molecular complexity index is 4150. The number of hydrogen-bond acceptors (Lipinski definition) is 31. The highest BCUT2D eigenvalue weighted by atomic mass is 32.1. The Hall–Kier alpha value is -10.8. The van der Waals surface area contributed by atoms with E-state index in [1.165, 1.54) is 18.3 Å². The standard InChI is InChI=1S/C16H14F2N6O.C14H14N6O2.C14H14N6OS.C13H14N8O/c17-10-3-1-2-9(12(10)18)11-8-20-14-13(21-11)15(23-16(19)22-14)24-4-6-25-7-5-24;15-14-18-12-11(13(19-14)20-2-5-21-6-3-20)17-10(7-16-12)9-1-4-22-8-9;15-14-18-12-11(13(19-14)20-2-4-21-5-3-20)17-10(7-16-12)9-1-6-22-8-9;14-13-18-11-10(12(19-13)21-3-5-22-6-4-21)17-9(7-15-11)8-1-2-16-20-8/h1-3,8H,4-7H2,(H2,19,20,22,23);1,4,7-8H,2-3,5-6H2,(H2,15,16,18,19);1,6-8H,2-5H2,(H2,15,16,18,19);1-2,7H,3-6H2,(H,16,20)(H2,14,15,18,19). The molecule has 31 nitrogen and oxygen atoms in total. The maximum atomic E-state index is 14.1. The quantitative estimate of drug-likeness (QED) is 0.138. The predicted octanol–water partition coefficient (Wildman–Crippen LogP) is 4.68. The molecular formula is C57H56F2N26O5S. The summed E-state index contributed by atoms with van der Waals surface area (Å²) in [6, 6.07) is 9.61. The van der Waals surface area contributed by atoms with Crippen LogP contribution in [0, 0.1) is 11.6 Å². The molecule has 0 amide bonds. The molecule has 34 heteroatoms. The maximum Gasteiger partial charge on any atom is 0.224 e. The molecule has 16 rings (SSSR count). The fourth-order valence-electron chi connectivity index (χ4n) is 10.1. The number of fused-ring (bicyclic) bond motifs is 4. The van der Waals surface area contributed by atoms with Crippen LogP contribution in [0.5, 0.6) is 0 Å². The Morgan fingerprint density at radius 2 is 0.846 bits per heavy atom. The van der Waals surface area contributed by atoms with Crippen molar-refractivity contribution in [1.29, 1.82) is 0 Å². The number of nitrogens with two attached hydrogens (primary N) is 4. The molecule has 0 bridgehead atoms. The monoisotopic (exact) mass is 1250 g/mol. The second kappa shape index (κ2) is 26.9. The van der Waals surface area contributed by atoms with E-state index in [-0.39, 0.29) is 35.1 Å². The zero-order valence-corrected chi connectivity index (χ0v) is 49.2. The molecule has 91 heavy (non-hydrogen) atoms. The lowest BCUT2D eigenvalue weighted by molar-refractivity contribution is 0.122. The van der Waals surface area contributed by atoms with Crippen LogP contribution in [0.2, 0.25) is 0 Å². The highest BCUT2D eigenvalue weighted by molar-refractivity contribution is 7.08. The van der Waals surface area contributed by atoms with Gasteiger partial charge in [-0.25, -0.2) is 48.7 Å².